The van der Waals surface area contributed by atoms with E-state index in [2.05, 4.69) is 4.74 Å². The number of nitrogens with one attached hydrogen (secondary N) is 1. The first-order valence-corrected chi connectivity index (χ1v) is 4.21. The molecule has 1 N–H and O–H groups in total. The Bertz CT molecular complexity index is 400. The smallest absolute Gasteiger partial charge is 0.401 e. The second-order valence-electron chi connectivity index (χ2n) is 2.16. The van der Waals surface area contributed by atoms with Gasteiger partial charge in [-0.2, -0.15) is 4.39 Å². The molecule has 0 aliphatic heterocycles. The predicted molar refractivity (Wildman–Crippen MR) is 46.4 cm³/mol. The maximum atomic E-state index is 12.8. The van der Waals surface area contributed by atoms with E-state index >= 15 is 0 Å². The Morgan fingerprint density at radius 1 is 1.43 bits per heavy atom. The van der Waals surface area contributed by atoms with Crippen molar-refractivity contribution in [1.29, 1.82) is 0 Å². The quantitative estimate of drug-likeness (QED) is 0.635. The number of aromatic amines is 1. The van der Waals surface area contributed by atoms with Crippen LogP contribution in [0.3, 0.4) is 0 Å². The van der Waals surface area contributed by atoms with Crippen LogP contribution >= 0.6 is 22.6 Å². The summed E-state index contributed by atoms with van der Waals surface area (Å²) in [6.45, 7) is 0. The van der Waals surface area contributed by atoms with Crippen molar-refractivity contribution in [2.75, 3.05) is 0 Å². The van der Waals surface area contributed by atoms with Gasteiger partial charge in [0.15, 0.2) is 5.75 Å². The molecule has 0 amide bonds. The molecule has 0 unspecified atom stereocenters. The van der Waals surface area contributed by atoms with Gasteiger partial charge in [-0.1, -0.05) is 0 Å². The van der Waals surface area contributed by atoms with Crippen LogP contribution in [0.25, 0.3) is 0 Å². The lowest BCUT2D eigenvalue weighted by molar-refractivity contribution is -0.276. The van der Waals surface area contributed by atoms with Crippen LogP contribution in [0.5, 0.6) is 5.75 Å². The van der Waals surface area contributed by atoms with Crippen molar-refractivity contribution in [2.24, 2.45) is 0 Å². The van der Waals surface area contributed by atoms with E-state index in [1.54, 1.807) is 0 Å². The van der Waals surface area contributed by atoms with E-state index in [-0.39, 0.29) is 3.57 Å². The molecule has 0 spiro atoms. The molecule has 14 heavy (non-hydrogen) atoms. The number of rotatable bonds is 1. The number of alkyl halides is 3. The van der Waals surface area contributed by atoms with Crippen molar-refractivity contribution < 1.29 is 22.3 Å². The molecule has 3 nitrogen and oxygen atoms in total. The van der Waals surface area contributed by atoms with Gasteiger partial charge in [-0.25, -0.2) is 0 Å². The molecule has 78 valence electrons. The SMILES string of the molecule is O=c1[nH]cc(I)c(OC(F)(F)F)c1F. The minimum absolute atomic E-state index is 0.169. The molecular weight excluding hydrogens is 321 g/mol. The van der Waals surface area contributed by atoms with Gasteiger partial charge in [0.1, 0.15) is 0 Å². The van der Waals surface area contributed by atoms with Crippen LogP contribution in [0.1, 0.15) is 0 Å². The zero-order valence-corrected chi connectivity index (χ0v) is 8.44. The highest BCUT2D eigenvalue weighted by molar-refractivity contribution is 14.1. The van der Waals surface area contributed by atoms with Gasteiger partial charge in [0.25, 0.3) is 5.56 Å². The van der Waals surface area contributed by atoms with Gasteiger partial charge < -0.3 is 9.72 Å². The fourth-order valence-electron chi connectivity index (χ4n) is 0.675. The molecule has 1 aromatic rings. The lowest BCUT2D eigenvalue weighted by Gasteiger charge is -2.10. The van der Waals surface area contributed by atoms with Gasteiger partial charge in [0, 0.05) is 6.20 Å². The molecule has 1 rings (SSSR count). The summed E-state index contributed by atoms with van der Waals surface area (Å²) < 4.78 is 51.2. The molecule has 0 fully saturated rings. The normalized spacial score (nSPS) is 11.5. The third-order valence-corrected chi connectivity index (χ3v) is 1.96. The van der Waals surface area contributed by atoms with Crippen molar-refractivity contribution in [1.82, 2.24) is 4.98 Å². The van der Waals surface area contributed by atoms with E-state index in [0.29, 0.717) is 0 Å². The van der Waals surface area contributed by atoms with Crippen LogP contribution in [-0.2, 0) is 0 Å². The van der Waals surface area contributed by atoms with Gasteiger partial charge in [0.05, 0.1) is 3.57 Å². The molecule has 8 heteroatoms. The topological polar surface area (TPSA) is 42.1 Å². The van der Waals surface area contributed by atoms with Gasteiger partial charge in [0.2, 0.25) is 5.82 Å². The van der Waals surface area contributed by atoms with E-state index in [9.17, 15) is 22.4 Å². The Hall–Kier alpha value is -0.800. The van der Waals surface area contributed by atoms with Crippen molar-refractivity contribution in [3.63, 3.8) is 0 Å². The molecule has 0 saturated carbocycles. The molecular formula is C6H2F4INO2. The average molecular weight is 323 g/mol. The largest absolute Gasteiger partial charge is 0.573 e. The summed E-state index contributed by atoms with van der Waals surface area (Å²) in [6.07, 6.45) is -4.10. The molecule has 0 saturated heterocycles. The summed E-state index contributed by atoms with van der Waals surface area (Å²) in [5, 5.41) is 0. The lowest BCUT2D eigenvalue weighted by Crippen LogP contribution is -2.22. The average Bonchev–Trinajstić information content (AvgIpc) is 2.04. The highest BCUT2D eigenvalue weighted by Crippen LogP contribution is 2.27. The summed E-state index contributed by atoms with van der Waals surface area (Å²) >= 11 is 1.41. The van der Waals surface area contributed by atoms with E-state index in [0.717, 1.165) is 6.20 Å². The summed E-state index contributed by atoms with van der Waals surface area (Å²) in [5.74, 6) is -2.70. The minimum atomic E-state index is -5.02. The Morgan fingerprint density at radius 2 is 2.00 bits per heavy atom. The maximum Gasteiger partial charge on any atom is 0.573 e. The zero-order valence-electron chi connectivity index (χ0n) is 6.28. The second-order valence-corrected chi connectivity index (χ2v) is 3.32. The van der Waals surface area contributed by atoms with Crippen molar-refractivity contribution in [3.8, 4) is 5.75 Å². The summed E-state index contributed by atoms with van der Waals surface area (Å²) in [7, 11) is 0. The number of hydrogen-bond donors (Lipinski definition) is 1. The highest BCUT2D eigenvalue weighted by atomic mass is 127. The first kappa shape index (κ1) is 11.3. The summed E-state index contributed by atoms with van der Waals surface area (Å²) in [4.78, 5) is 12.5. The van der Waals surface area contributed by atoms with Gasteiger partial charge >= 0.3 is 6.36 Å². The fourth-order valence-corrected chi connectivity index (χ4v) is 1.18. The van der Waals surface area contributed by atoms with Crippen LogP contribution in [0.2, 0.25) is 0 Å². The minimum Gasteiger partial charge on any atom is -0.401 e. The van der Waals surface area contributed by atoms with Gasteiger partial charge in [-0.3, -0.25) is 4.79 Å². The van der Waals surface area contributed by atoms with Crippen LogP contribution in [0.4, 0.5) is 17.6 Å². The summed E-state index contributed by atoms with van der Waals surface area (Å²) in [6, 6.07) is 0. The number of H-pyrrole nitrogens is 1. The molecule has 0 aliphatic rings. The predicted octanol–water partition coefficient (Wildman–Crippen LogP) is 2.02. The third-order valence-electron chi connectivity index (χ3n) is 1.16. The van der Waals surface area contributed by atoms with Crippen LogP contribution < -0.4 is 10.3 Å². The lowest BCUT2D eigenvalue weighted by atomic mass is 10.4. The molecule has 0 aromatic carbocycles. The highest BCUT2D eigenvalue weighted by Gasteiger charge is 2.34. The van der Waals surface area contributed by atoms with Crippen molar-refractivity contribution >= 4 is 22.6 Å². The van der Waals surface area contributed by atoms with Crippen LogP contribution in [0, 0.1) is 9.39 Å². The Labute approximate surface area is 88.2 Å². The zero-order chi connectivity index (χ0) is 10.9. The van der Waals surface area contributed by atoms with Gasteiger partial charge in [-0.15, -0.1) is 13.2 Å². The van der Waals surface area contributed by atoms with Crippen LogP contribution in [0.15, 0.2) is 11.0 Å². The number of hydrogen-bond acceptors (Lipinski definition) is 2. The Balaban J connectivity index is 3.20. The standard InChI is InChI=1S/C6H2F4INO2/c7-3-4(14-6(8,9)10)2(11)1-12-5(3)13/h1H,(H,12,13). The molecule has 0 radical (unpaired) electrons. The fraction of sp³-hybridized carbons (Fsp3) is 0.167. The Morgan fingerprint density at radius 3 is 2.50 bits per heavy atom. The number of ether oxygens (including phenoxy) is 1. The number of aromatic nitrogens is 1. The summed E-state index contributed by atoms with van der Waals surface area (Å²) in [5.41, 5.74) is -1.26. The first-order chi connectivity index (χ1) is 6.31. The first-order valence-electron chi connectivity index (χ1n) is 3.13. The molecule has 0 bridgehead atoms. The Kier molecular flexibility index (Phi) is 3.02. The van der Waals surface area contributed by atoms with Crippen molar-refractivity contribution in [2.45, 2.75) is 6.36 Å². The van der Waals surface area contributed by atoms with E-state index in [1.165, 1.54) is 22.6 Å². The van der Waals surface area contributed by atoms with Crippen molar-refractivity contribution in [3.05, 3.63) is 25.9 Å². The van der Waals surface area contributed by atoms with E-state index < -0.39 is 23.5 Å². The molecule has 1 aromatic heterocycles. The molecule has 1 heterocycles. The molecule has 0 atom stereocenters. The monoisotopic (exact) mass is 323 g/mol. The van der Waals surface area contributed by atoms with E-state index in [4.69, 9.17) is 0 Å². The maximum absolute atomic E-state index is 12.8. The van der Waals surface area contributed by atoms with E-state index in [1.807, 2.05) is 4.98 Å². The molecule has 0 aliphatic carbocycles. The van der Waals surface area contributed by atoms with Gasteiger partial charge in [-0.05, 0) is 22.6 Å². The van der Waals surface area contributed by atoms with Crippen LogP contribution in [-0.4, -0.2) is 11.3 Å². The number of halogens is 5. The number of pyridine rings is 1. The second kappa shape index (κ2) is 3.75. The third kappa shape index (κ3) is 2.59.